The molecule has 3 aromatic rings. The van der Waals surface area contributed by atoms with Gasteiger partial charge in [-0.15, -0.1) is 5.10 Å². The first-order valence-electron chi connectivity index (χ1n) is 10.1. The fraction of sp³-hybridized carbons (Fsp3) is 0.450. The molecule has 0 aliphatic heterocycles. The monoisotopic (exact) mass is 445 g/mol. The number of carbonyl (C=O) groups is 2. The fourth-order valence-electron chi connectivity index (χ4n) is 2.89. The number of nitrogens with zero attached hydrogens (tertiary/aromatic N) is 5. The lowest BCUT2D eigenvalue weighted by Crippen LogP contribution is -2.22. The Morgan fingerprint density at radius 2 is 2.00 bits per heavy atom. The van der Waals surface area contributed by atoms with Crippen LogP contribution in [0.15, 0.2) is 31.0 Å². The van der Waals surface area contributed by atoms with Crippen LogP contribution in [0.1, 0.15) is 19.3 Å². The summed E-state index contributed by atoms with van der Waals surface area (Å²) in [6.45, 7) is 8.08. The maximum absolute atomic E-state index is 11.8. The van der Waals surface area contributed by atoms with Gasteiger partial charge in [0.2, 0.25) is 0 Å². The number of hydrogen-bond donors (Lipinski definition) is 1. The number of fused-ring (bicyclic) bond motifs is 1. The molecule has 3 rings (SSSR count). The second-order valence-corrected chi connectivity index (χ2v) is 14.1. The molecule has 3 heterocycles. The van der Waals surface area contributed by atoms with Gasteiger partial charge in [-0.05, 0) is 18.5 Å². The van der Waals surface area contributed by atoms with Gasteiger partial charge in [0, 0.05) is 44.7 Å². The van der Waals surface area contributed by atoms with Crippen LogP contribution in [-0.2, 0) is 21.1 Å². The Balaban J connectivity index is 1.66. The number of rotatable bonds is 11. The summed E-state index contributed by atoms with van der Waals surface area (Å²) in [4.78, 5) is 37.3. The quantitative estimate of drug-likeness (QED) is 0.353. The molecule has 0 aliphatic rings. The molecule has 0 aliphatic carbocycles. The molecule has 0 amide bonds. The zero-order chi connectivity index (χ0) is 22.4. The molecule has 0 aromatic carbocycles. The molecule has 166 valence electrons. The highest BCUT2D eigenvalue weighted by Crippen LogP contribution is 2.25. The zero-order valence-corrected chi connectivity index (χ0v) is 18.9. The number of aliphatic carboxylic acids is 1. The second kappa shape index (κ2) is 9.84. The van der Waals surface area contributed by atoms with Gasteiger partial charge in [0.15, 0.2) is 0 Å². The molecule has 10 nitrogen and oxygen atoms in total. The molecular formula is C20H27N5O5Si. The molecule has 0 bridgehead atoms. The summed E-state index contributed by atoms with van der Waals surface area (Å²) < 4.78 is 7.76. The average Bonchev–Trinajstić information content (AvgIpc) is 3.31. The number of ether oxygens (including phenoxy) is 1. The van der Waals surface area contributed by atoms with Crippen molar-refractivity contribution in [3.05, 3.63) is 31.0 Å². The van der Waals surface area contributed by atoms with E-state index in [4.69, 9.17) is 14.7 Å². The van der Waals surface area contributed by atoms with Crippen LogP contribution in [0.25, 0.3) is 22.3 Å². The summed E-state index contributed by atoms with van der Waals surface area (Å²) in [5.74, 6) is -1.50. The van der Waals surface area contributed by atoms with E-state index >= 15 is 0 Å². The predicted molar refractivity (Wildman–Crippen MR) is 116 cm³/mol. The Labute approximate surface area is 180 Å². The molecule has 0 atom stereocenters. The molecule has 31 heavy (non-hydrogen) atoms. The van der Waals surface area contributed by atoms with Crippen molar-refractivity contribution in [2.45, 2.75) is 51.7 Å². The van der Waals surface area contributed by atoms with E-state index in [1.54, 1.807) is 12.4 Å². The molecule has 0 fully saturated rings. The largest absolute Gasteiger partial charge is 0.481 e. The Kier molecular flexibility index (Phi) is 7.18. The van der Waals surface area contributed by atoms with Crippen LogP contribution >= 0.6 is 0 Å². The van der Waals surface area contributed by atoms with Crippen molar-refractivity contribution in [2.75, 3.05) is 6.61 Å². The van der Waals surface area contributed by atoms with E-state index in [9.17, 15) is 9.59 Å². The predicted octanol–water partition coefficient (Wildman–Crippen LogP) is 2.82. The molecule has 0 unspecified atom stereocenters. The minimum Gasteiger partial charge on any atom is -0.481 e. The third kappa shape index (κ3) is 6.46. The highest BCUT2D eigenvalue weighted by atomic mass is 28.3. The summed E-state index contributed by atoms with van der Waals surface area (Å²) in [6.07, 6.45) is 6.61. The summed E-state index contributed by atoms with van der Waals surface area (Å²) in [6, 6.07) is 3.02. The van der Waals surface area contributed by atoms with Crippen LogP contribution in [0.5, 0.6) is 0 Å². The maximum atomic E-state index is 11.8. The van der Waals surface area contributed by atoms with Crippen LogP contribution < -0.4 is 4.84 Å². The molecule has 0 spiro atoms. The van der Waals surface area contributed by atoms with Crippen LogP contribution in [0.4, 0.5) is 0 Å². The van der Waals surface area contributed by atoms with Crippen molar-refractivity contribution in [2.24, 2.45) is 0 Å². The Hall–Kier alpha value is -3.05. The second-order valence-electron chi connectivity index (χ2n) is 8.44. The van der Waals surface area contributed by atoms with Crippen molar-refractivity contribution >= 4 is 31.0 Å². The summed E-state index contributed by atoms with van der Waals surface area (Å²) in [5.41, 5.74) is 2.08. The normalized spacial score (nSPS) is 11.7. The molecule has 3 aromatic heterocycles. The summed E-state index contributed by atoms with van der Waals surface area (Å²) >= 11 is 0. The van der Waals surface area contributed by atoms with Gasteiger partial charge in [0.25, 0.3) is 0 Å². The zero-order valence-electron chi connectivity index (χ0n) is 17.9. The van der Waals surface area contributed by atoms with Gasteiger partial charge in [-0.2, -0.15) is 0 Å². The molecule has 0 saturated carbocycles. The lowest BCUT2D eigenvalue weighted by Gasteiger charge is -2.15. The van der Waals surface area contributed by atoms with E-state index < -0.39 is 20.0 Å². The fourth-order valence-corrected chi connectivity index (χ4v) is 3.65. The summed E-state index contributed by atoms with van der Waals surface area (Å²) in [7, 11) is -1.14. The number of hydrogen-bond acceptors (Lipinski definition) is 7. The first-order valence-corrected chi connectivity index (χ1v) is 13.8. The van der Waals surface area contributed by atoms with Crippen molar-refractivity contribution in [1.82, 2.24) is 24.5 Å². The van der Waals surface area contributed by atoms with Gasteiger partial charge in [-0.25, -0.2) is 14.8 Å². The number of carboxylic acid groups (broad SMARTS) is 1. The SMILES string of the molecule is C[Si](C)(C)CCOCn1ccc2c(-c3cnn(OC(=O)CCCC(=O)O)c3)ncnc21. The van der Waals surface area contributed by atoms with Gasteiger partial charge in [0.05, 0.1) is 18.1 Å². The van der Waals surface area contributed by atoms with E-state index in [0.29, 0.717) is 18.0 Å². The number of aromatic nitrogens is 5. The maximum Gasteiger partial charge on any atom is 0.334 e. The Morgan fingerprint density at radius 1 is 1.19 bits per heavy atom. The highest BCUT2D eigenvalue weighted by Gasteiger charge is 2.15. The molecule has 1 N–H and O–H groups in total. The molecule has 0 saturated heterocycles. The van der Waals surface area contributed by atoms with Crippen LogP contribution in [0.3, 0.4) is 0 Å². The van der Waals surface area contributed by atoms with E-state index in [-0.39, 0.29) is 19.3 Å². The lowest BCUT2D eigenvalue weighted by atomic mass is 10.2. The van der Waals surface area contributed by atoms with Crippen molar-refractivity contribution < 1.29 is 24.3 Å². The van der Waals surface area contributed by atoms with E-state index in [1.165, 1.54) is 6.33 Å². The Bertz CT molecular complexity index is 1060. The first kappa shape index (κ1) is 22.6. The molecular weight excluding hydrogens is 418 g/mol. The van der Waals surface area contributed by atoms with Crippen LogP contribution in [-0.4, -0.2) is 56.2 Å². The van der Waals surface area contributed by atoms with Gasteiger partial charge in [-0.1, -0.05) is 24.5 Å². The Morgan fingerprint density at radius 3 is 2.74 bits per heavy atom. The van der Waals surface area contributed by atoms with Crippen molar-refractivity contribution in [1.29, 1.82) is 0 Å². The van der Waals surface area contributed by atoms with Crippen molar-refractivity contribution in [3.63, 3.8) is 0 Å². The standard InChI is InChI=1S/C20H27N5O5Si/c1-31(2,3)10-9-29-14-24-8-7-16-19(21-13-22-20(16)24)15-11-23-25(12-15)30-18(28)6-4-5-17(26)27/h7-8,11-13H,4-6,9-10,14H2,1-3H3,(H,26,27). The minimum absolute atomic E-state index is 0.000200. The van der Waals surface area contributed by atoms with E-state index in [2.05, 4.69) is 34.7 Å². The van der Waals surface area contributed by atoms with Crippen molar-refractivity contribution in [3.8, 4) is 11.3 Å². The van der Waals surface area contributed by atoms with Crippen LogP contribution in [0, 0.1) is 0 Å². The van der Waals surface area contributed by atoms with Gasteiger partial charge in [-0.3, -0.25) is 4.79 Å². The third-order valence-corrected chi connectivity index (χ3v) is 6.29. The number of carboxylic acids is 1. The smallest absolute Gasteiger partial charge is 0.334 e. The average molecular weight is 446 g/mol. The molecule has 11 heteroatoms. The van der Waals surface area contributed by atoms with Crippen LogP contribution in [0.2, 0.25) is 25.7 Å². The lowest BCUT2D eigenvalue weighted by molar-refractivity contribution is -0.146. The van der Waals surface area contributed by atoms with Gasteiger partial charge in [0.1, 0.15) is 18.7 Å². The van der Waals surface area contributed by atoms with Gasteiger partial charge >= 0.3 is 11.9 Å². The topological polar surface area (TPSA) is 121 Å². The molecule has 0 radical (unpaired) electrons. The highest BCUT2D eigenvalue weighted by molar-refractivity contribution is 6.76. The van der Waals surface area contributed by atoms with Gasteiger partial charge < -0.3 is 19.2 Å². The van der Waals surface area contributed by atoms with E-state index in [1.807, 2.05) is 16.8 Å². The minimum atomic E-state index is -1.14. The summed E-state index contributed by atoms with van der Waals surface area (Å²) in [5, 5.41) is 13.5. The van der Waals surface area contributed by atoms with E-state index in [0.717, 1.165) is 28.5 Å². The first-order chi connectivity index (χ1) is 14.7. The number of carbonyl (C=O) groups excluding carboxylic acids is 1. The third-order valence-electron chi connectivity index (χ3n) is 4.58.